The highest BCUT2D eigenvalue weighted by Gasteiger charge is 2.17. The molecule has 1 aromatic carbocycles. The van der Waals surface area contributed by atoms with Crippen LogP contribution in [0.5, 0.6) is 0 Å². The van der Waals surface area contributed by atoms with E-state index in [0.717, 1.165) is 11.1 Å². The van der Waals surface area contributed by atoms with Gasteiger partial charge in [-0.3, -0.25) is 0 Å². The van der Waals surface area contributed by atoms with Crippen LogP contribution in [0.2, 0.25) is 0 Å². The average Bonchev–Trinajstić information content (AvgIpc) is 2.35. The summed E-state index contributed by atoms with van der Waals surface area (Å²) in [6.07, 6.45) is -0.154. The summed E-state index contributed by atoms with van der Waals surface area (Å²) in [6.45, 7) is 0.381. The SMILES string of the molecule is COCC(OC)c1ccccc1C(N)CO. The molecule has 0 spiro atoms. The van der Waals surface area contributed by atoms with Gasteiger partial charge in [0.2, 0.25) is 0 Å². The number of ether oxygens (including phenoxy) is 2. The third-order valence-corrected chi connectivity index (χ3v) is 2.54. The van der Waals surface area contributed by atoms with Gasteiger partial charge in [0.05, 0.1) is 19.3 Å². The first-order valence-electron chi connectivity index (χ1n) is 5.21. The van der Waals surface area contributed by atoms with E-state index in [0.29, 0.717) is 6.61 Å². The number of aliphatic hydroxyl groups excluding tert-OH is 1. The second-order valence-electron chi connectivity index (χ2n) is 3.60. The van der Waals surface area contributed by atoms with Crippen molar-refractivity contribution in [1.29, 1.82) is 0 Å². The van der Waals surface area contributed by atoms with Crippen LogP contribution in [0.4, 0.5) is 0 Å². The first-order valence-corrected chi connectivity index (χ1v) is 5.21. The standard InChI is InChI=1S/C12H19NO3/c1-15-8-12(16-2)10-6-4-3-5-9(10)11(13)7-14/h3-6,11-12,14H,7-8,13H2,1-2H3. The summed E-state index contributed by atoms with van der Waals surface area (Å²) < 4.78 is 10.4. The fraction of sp³-hybridized carbons (Fsp3) is 0.500. The van der Waals surface area contributed by atoms with Crippen LogP contribution < -0.4 is 5.73 Å². The van der Waals surface area contributed by atoms with Crippen LogP contribution >= 0.6 is 0 Å². The van der Waals surface area contributed by atoms with E-state index >= 15 is 0 Å². The minimum Gasteiger partial charge on any atom is -0.394 e. The summed E-state index contributed by atoms with van der Waals surface area (Å²) in [7, 11) is 3.26. The Morgan fingerprint density at radius 2 is 1.88 bits per heavy atom. The second kappa shape index (κ2) is 6.60. The maximum absolute atomic E-state index is 9.10. The molecule has 1 rings (SSSR count). The molecule has 0 bridgehead atoms. The first kappa shape index (κ1) is 13.1. The minimum atomic E-state index is -0.384. The Morgan fingerprint density at radius 1 is 1.25 bits per heavy atom. The van der Waals surface area contributed by atoms with Crippen LogP contribution in [0.25, 0.3) is 0 Å². The summed E-state index contributed by atoms with van der Waals surface area (Å²) >= 11 is 0. The molecule has 4 heteroatoms. The van der Waals surface area contributed by atoms with Crippen LogP contribution in [0.3, 0.4) is 0 Å². The highest BCUT2D eigenvalue weighted by atomic mass is 16.5. The van der Waals surface area contributed by atoms with Crippen molar-refractivity contribution in [2.24, 2.45) is 5.73 Å². The zero-order chi connectivity index (χ0) is 12.0. The summed E-state index contributed by atoms with van der Waals surface area (Å²) in [5.41, 5.74) is 7.70. The lowest BCUT2D eigenvalue weighted by atomic mass is 9.97. The lowest BCUT2D eigenvalue weighted by Gasteiger charge is -2.20. The van der Waals surface area contributed by atoms with Crippen molar-refractivity contribution in [3.63, 3.8) is 0 Å². The Hall–Kier alpha value is -0.940. The number of hydrogen-bond acceptors (Lipinski definition) is 4. The Balaban J connectivity index is 3.00. The van der Waals surface area contributed by atoms with E-state index in [4.69, 9.17) is 20.3 Å². The molecule has 2 atom stereocenters. The van der Waals surface area contributed by atoms with Gasteiger partial charge in [0, 0.05) is 14.2 Å². The van der Waals surface area contributed by atoms with E-state index in [1.54, 1.807) is 14.2 Å². The Kier molecular flexibility index (Phi) is 5.42. The van der Waals surface area contributed by atoms with Gasteiger partial charge in [-0.2, -0.15) is 0 Å². The van der Waals surface area contributed by atoms with Crippen molar-refractivity contribution in [2.45, 2.75) is 12.1 Å². The minimum absolute atomic E-state index is 0.0829. The molecule has 0 aliphatic rings. The van der Waals surface area contributed by atoms with Gasteiger partial charge in [0.25, 0.3) is 0 Å². The third-order valence-electron chi connectivity index (χ3n) is 2.54. The summed E-state index contributed by atoms with van der Waals surface area (Å²) in [6, 6.07) is 7.28. The van der Waals surface area contributed by atoms with Crippen LogP contribution in [-0.2, 0) is 9.47 Å². The van der Waals surface area contributed by atoms with Crippen molar-refractivity contribution in [3.8, 4) is 0 Å². The third kappa shape index (κ3) is 3.02. The van der Waals surface area contributed by atoms with Gasteiger partial charge in [-0.15, -0.1) is 0 Å². The van der Waals surface area contributed by atoms with Crippen LogP contribution in [-0.4, -0.2) is 32.5 Å². The zero-order valence-electron chi connectivity index (χ0n) is 9.72. The number of hydrogen-bond donors (Lipinski definition) is 2. The van der Waals surface area contributed by atoms with Gasteiger partial charge >= 0.3 is 0 Å². The highest BCUT2D eigenvalue weighted by Crippen LogP contribution is 2.24. The van der Waals surface area contributed by atoms with Crippen molar-refractivity contribution in [3.05, 3.63) is 35.4 Å². The maximum Gasteiger partial charge on any atom is 0.106 e. The van der Waals surface area contributed by atoms with Crippen molar-refractivity contribution in [1.82, 2.24) is 0 Å². The summed E-state index contributed by atoms with van der Waals surface area (Å²) in [5, 5.41) is 9.10. The number of aliphatic hydroxyl groups is 1. The molecular formula is C12H19NO3. The van der Waals surface area contributed by atoms with Crippen molar-refractivity contribution in [2.75, 3.05) is 27.4 Å². The Morgan fingerprint density at radius 3 is 2.38 bits per heavy atom. The molecule has 0 radical (unpaired) electrons. The molecule has 16 heavy (non-hydrogen) atoms. The second-order valence-corrected chi connectivity index (χ2v) is 3.60. The summed E-state index contributed by atoms with van der Waals surface area (Å²) in [4.78, 5) is 0. The molecule has 4 nitrogen and oxygen atoms in total. The lowest BCUT2D eigenvalue weighted by Crippen LogP contribution is -2.19. The van der Waals surface area contributed by atoms with Gasteiger partial charge in [-0.05, 0) is 11.1 Å². The largest absolute Gasteiger partial charge is 0.394 e. The molecule has 0 aromatic heterocycles. The van der Waals surface area contributed by atoms with Gasteiger partial charge in [-0.25, -0.2) is 0 Å². The van der Waals surface area contributed by atoms with Crippen LogP contribution in [0.15, 0.2) is 24.3 Å². The molecule has 0 saturated carbocycles. The van der Waals surface area contributed by atoms with Crippen molar-refractivity contribution < 1.29 is 14.6 Å². The zero-order valence-corrected chi connectivity index (χ0v) is 9.72. The highest BCUT2D eigenvalue weighted by molar-refractivity contribution is 5.32. The maximum atomic E-state index is 9.10. The van der Waals surface area contributed by atoms with E-state index in [1.807, 2.05) is 24.3 Å². The topological polar surface area (TPSA) is 64.7 Å². The molecule has 0 aliphatic heterocycles. The molecule has 3 N–H and O–H groups in total. The van der Waals surface area contributed by atoms with Gasteiger partial charge in [0.1, 0.15) is 6.10 Å². The molecule has 90 valence electrons. The van der Waals surface area contributed by atoms with Crippen LogP contribution in [0.1, 0.15) is 23.3 Å². The fourth-order valence-electron chi connectivity index (χ4n) is 1.68. The predicted octanol–water partition coefficient (Wildman–Crippen LogP) is 1.01. The molecule has 0 aliphatic carbocycles. The van der Waals surface area contributed by atoms with Gasteiger partial charge < -0.3 is 20.3 Å². The number of nitrogens with two attached hydrogens (primary N) is 1. The number of benzene rings is 1. The van der Waals surface area contributed by atoms with Crippen LogP contribution in [0, 0.1) is 0 Å². The van der Waals surface area contributed by atoms with E-state index in [1.165, 1.54) is 0 Å². The van der Waals surface area contributed by atoms with Gasteiger partial charge in [0.15, 0.2) is 0 Å². The van der Waals surface area contributed by atoms with E-state index < -0.39 is 0 Å². The quantitative estimate of drug-likeness (QED) is 0.758. The normalized spacial score (nSPS) is 14.8. The van der Waals surface area contributed by atoms with E-state index in [2.05, 4.69) is 0 Å². The Labute approximate surface area is 96.0 Å². The molecule has 0 fully saturated rings. The smallest absolute Gasteiger partial charge is 0.106 e. The number of methoxy groups -OCH3 is 2. The van der Waals surface area contributed by atoms with E-state index in [-0.39, 0.29) is 18.8 Å². The lowest BCUT2D eigenvalue weighted by molar-refractivity contribution is 0.0266. The average molecular weight is 225 g/mol. The molecule has 1 aromatic rings. The van der Waals surface area contributed by atoms with Gasteiger partial charge in [-0.1, -0.05) is 24.3 Å². The molecule has 0 heterocycles. The number of rotatable bonds is 6. The summed E-state index contributed by atoms with van der Waals surface area (Å²) in [5.74, 6) is 0. The molecular weight excluding hydrogens is 206 g/mol. The molecule has 0 saturated heterocycles. The first-order chi connectivity index (χ1) is 7.74. The molecule has 2 unspecified atom stereocenters. The molecule has 0 amide bonds. The fourth-order valence-corrected chi connectivity index (χ4v) is 1.68. The van der Waals surface area contributed by atoms with Crippen molar-refractivity contribution >= 4 is 0 Å². The Bertz CT molecular complexity index is 317. The monoisotopic (exact) mass is 225 g/mol. The van der Waals surface area contributed by atoms with E-state index in [9.17, 15) is 0 Å². The predicted molar refractivity (Wildman–Crippen MR) is 62.1 cm³/mol.